The van der Waals surface area contributed by atoms with Gasteiger partial charge in [-0.05, 0) is 37.6 Å². The lowest BCUT2D eigenvalue weighted by atomic mass is 10.0. The summed E-state index contributed by atoms with van der Waals surface area (Å²) >= 11 is 1.38. The van der Waals surface area contributed by atoms with Crippen molar-refractivity contribution in [3.63, 3.8) is 0 Å². The van der Waals surface area contributed by atoms with Crippen molar-refractivity contribution in [3.05, 3.63) is 70.1 Å². The van der Waals surface area contributed by atoms with Crippen molar-refractivity contribution in [2.45, 2.75) is 13.8 Å². The summed E-state index contributed by atoms with van der Waals surface area (Å²) in [6.45, 7) is 4.10. The zero-order chi connectivity index (χ0) is 17.1. The number of anilines is 1. The highest BCUT2D eigenvalue weighted by molar-refractivity contribution is 7.14. The highest BCUT2D eigenvalue weighted by atomic mass is 32.1. The molecule has 2 aromatic carbocycles. The maximum Gasteiger partial charge on any atom is 0.257 e. The number of nitrogens with zero attached hydrogens (tertiary/aromatic N) is 2. The lowest BCUT2D eigenvalue weighted by molar-refractivity contribution is 0.102. The highest BCUT2D eigenvalue weighted by Gasteiger charge is 2.11. The van der Waals surface area contributed by atoms with Crippen LogP contribution >= 0.6 is 11.3 Å². The average Bonchev–Trinajstić information content (AvgIpc) is 3.03. The zero-order valence-electron chi connectivity index (χ0n) is 13.3. The molecule has 24 heavy (non-hydrogen) atoms. The largest absolute Gasteiger partial charge is 0.298 e. The van der Waals surface area contributed by atoms with Crippen LogP contribution in [0.3, 0.4) is 0 Å². The Bertz CT molecular complexity index is 953. The van der Waals surface area contributed by atoms with Crippen molar-refractivity contribution in [1.29, 1.82) is 5.26 Å². The minimum atomic E-state index is -0.270. The Hall–Kier alpha value is -2.97. The van der Waals surface area contributed by atoms with Crippen molar-refractivity contribution < 1.29 is 4.79 Å². The van der Waals surface area contributed by atoms with E-state index in [1.165, 1.54) is 16.9 Å². The van der Waals surface area contributed by atoms with Gasteiger partial charge in [0, 0.05) is 16.5 Å². The first-order chi connectivity index (χ1) is 11.6. The molecule has 0 unspecified atom stereocenters. The molecule has 0 bridgehead atoms. The minimum Gasteiger partial charge on any atom is -0.298 e. The number of nitriles is 1. The van der Waals surface area contributed by atoms with Crippen LogP contribution in [0.5, 0.6) is 0 Å². The summed E-state index contributed by atoms with van der Waals surface area (Å²) < 4.78 is 0. The molecule has 0 aliphatic carbocycles. The number of benzene rings is 2. The molecule has 0 saturated carbocycles. The fraction of sp³-hybridized carbons (Fsp3) is 0.105. The molecule has 0 aliphatic heterocycles. The zero-order valence-corrected chi connectivity index (χ0v) is 14.1. The molecule has 118 valence electrons. The van der Waals surface area contributed by atoms with E-state index in [1.54, 1.807) is 24.3 Å². The fourth-order valence-corrected chi connectivity index (χ4v) is 3.16. The van der Waals surface area contributed by atoms with Crippen molar-refractivity contribution in [1.82, 2.24) is 4.98 Å². The highest BCUT2D eigenvalue weighted by Crippen LogP contribution is 2.28. The third-order valence-electron chi connectivity index (χ3n) is 3.64. The third kappa shape index (κ3) is 3.34. The number of hydrogen-bond acceptors (Lipinski definition) is 4. The van der Waals surface area contributed by atoms with Gasteiger partial charge in [0.25, 0.3) is 5.91 Å². The Morgan fingerprint density at radius 3 is 2.79 bits per heavy atom. The summed E-state index contributed by atoms with van der Waals surface area (Å²) in [4.78, 5) is 16.8. The summed E-state index contributed by atoms with van der Waals surface area (Å²) in [5, 5.41) is 14.2. The molecule has 3 aromatic rings. The Labute approximate surface area is 144 Å². The Kier molecular flexibility index (Phi) is 4.41. The van der Waals surface area contributed by atoms with Gasteiger partial charge >= 0.3 is 0 Å². The molecule has 0 aliphatic rings. The van der Waals surface area contributed by atoms with E-state index in [1.807, 2.05) is 30.5 Å². The van der Waals surface area contributed by atoms with E-state index >= 15 is 0 Å². The summed E-state index contributed by atoms with van der Waals surface area (Å²) in [5.41, 5.74) is 5.16. The third-order valence-corrected chi connectivity index (χ3v) is 4.39. The van der Waals surface area contributed by atoms with Crippen LogP contribution in [0.2, 0.25) is 0 Å². The van der Waals surface area contributed by atoms with Crippen LogP contribution < -0.4 is 5.32 Å². The SMILES string of the molecule is Cc1ccc(-c2csc(NC(=O)c3cccc(C#N)c3)n2)c(C)c1. The monoisotopic (exact) mass is 333 g/mol. The maximum absolute atomic E-state index is 12.3. The summed E-state index contributed by atoms with van der Waals surface area (Å²) in [6.07, 6.45) is 0. The average molecular weight is 333 g/mol. The molecule has 1 aromatic heterocycles. The first-order valence-corrected chi connectivity index (χ1v) is 8.29. The second-order valence-electron chi connectivity index (χ2n) is 5.50. The number of carbonyl (C=O) groups is 1. The van der Waals surface area contributed by atoms with Gasteiger partial charge in [0.05, 0.1) is 17.3 Å². The summed E-state index contributed by atoms with van der Waals surface area (Å²) in [5.74, 6) is -0.270. The van der Waals surface area contributed by atoms with Gasteiger partial charge in [0.2, 0.25) is 0 Å². The Morgan fingerprint density at radius 2 is 2.04 bits per heavy atom. The lowest BCUT2D eigenvalue weighted by Gasteiger charge is -2.04. The number of hydrogen-bond donors (Lipinski definition) is 1. The van der Waals surface area contributed by atoms with Gasteiger partial charge in [-0.1, -0.05) is 29.8 Å². The number of rotatable bonds is 3. The van der Waals surface area contributed by atoms with E-state index in [9.17, 15) is 4.79 Å². The second-order valence-corrected chi connectivity index (χ2v) is 6.36. The molecule has 0 spiro atoms. The topological polar surface area (TPSA) is 65.8 Å². The molecule has 1 amide bonds. The molecule has 1 heterocycles. The molecule has 0 atom stereocenters. The van der Waals surface area contributed by atoms with Crippen molar-refractivity contribution in [3.8, 4) is 17.3 Å². The van der Waals surface area contributed by atoms with Crippen LogP contribution in [0.4, 0.5) is 5.13 Å². The number of amides is 1. The molecule has 0 radical (unpaired) electrons. The Morgan fingerprint density at radius 1 is 1.21 bits per heavy atom. The van der Waals surface area contributed by atoms with Gasteiger partial charge in [-0.2, -0.15) is 5.26 Å². The maximum atomic E-state index is 12.3. The first kappa shape index (κ1) is 15.9. The molecular formula is C19H15N3OS. The number of carbonyl (C=O) groups excluding carboxylic acids is 1. The molecule has 0 fully saturated rings. The van der Waals surface area contributed by atoms with Crippen LogP contribution in [-0.4, -0.2) is 10.9 Å². The van der Waals surface area contributed by atoms with E-state index in [0.717, 1.165) is 16.8 Å². The van der Waals surface area contributed by atoms with Crippen LogP contribution in [0, 0.1) is 25.2 Å². The molecule has 5 heteroatoms. The van der Waals surface area contributed by atoms with Crippen LogP contribution in [0.15, 0.2) is 47.8 Å². The van der Waals surface area contributed by atoms with Gasteiger partial charge in [-0.3, -0.25) is 10.1 Å². The predicted octanol–water partition coefficient (Wildman–Crippen LogP) is 4.55. The van der Waals surface area contributed by atoms with Gasteiger partial charge < -0.3 is 0 Å². The van der Waals surface area contributed by atoms with E-state index in [2.05, 4.69) is 23.3 Å². The summed E-state index contributed by atoms with van der Waals surface area (Å²) in [6, 6.07) is 14.8. The molecular weight excluding hydrogens is 318 g/mol. The quantitative estimate of drug-likeness (QED) is 0.764. The molecule has 0 saturated heterocycles. The molecule has 3 rings (SSSR count). The van der Waals surface area contributed by atoms with Crippen molar-refractivity contribution in [2.24, 2.45) is 0 Å². The van der Waals surface area contributed by atoms with Gasteiger partial charge in [0.15, 0.2) is 5.13 Å². The standard InChI is InChI=1S/C19H15N3OS/c1-12-6-7-16(13(2)8-12)17-11-24-19(21-17)22-18(23)15-5-3-4-14(9-15)10-20/h3-9,11H,1-2H3,(H,21,22,23). The number of aryl methyl sites for hydroxylation is 2. The van der Waals surface area contributed by atoms with Crippen LogP contribution in [0.25, 0.3) is 11.3 Å². The lowest BCUT2D eigenvalue weighted by Crippen LogP contribution is -2.11. The normalized spacial score (nSPS) is 10.2. The predicted molar refractivity (Wildman–Crippen MR) is 96.1 cm³/mol. The molecule has 1 N–H and O–H groups in total. The first-order valence-electron chi connectivity index (χ1n) is 7.41. The van der Waals surface area contributed by atoms with Gasteiger partial charge in [-0.15, -0.1) is 11.3 Å². The van der Waals surface area contributed by atoms with Gasteiger partial charge in [-0.25, -0.2) is 4.98 Å². The number of nitrogens with one attached hydrogen (secondary N) is 1. The van der Waals surface area contributed by atoms with E-state index in [4.69, 9.17) is 5.26 Å². The van der Waals surface area contributed by atoms with E-state index < -0.39 is 0 Å². The van der Waals surface area contributed by atoms with E-state index in [0.29, 0.717) is 16.3 Å². The van der Waals surface area contributed by atoms with Crippen LogP contribution in [-0.2, 0) is 0 Å². The number of aromatic nitrogens is 1. The summed E-state index contributed by atoms with van der Waals surface area (Å²) in [7, 11) is 0. The number of thiazole rings is 1. The van der Waals surface area contributed by atoms with Crippen LogP contribution in [0.1, 0.15) is 27.0 Å². The minimum absolute atomic E-state index is 0.270. The second kappa shape index (κ2) is 6.65. The van der Waals surface area contributed by atoms with Gasteiger partial charge in [0.1, 0.15) is 0 Å². The van der Waals surface area contributed by atoms with Crippen molar-refractivity contribution in [2.75, 3.05) is 5.32 Å². The van der Waals surface area contributed by atoms with E-state index in [-0.39, 0.29) is 5.91 Å². The Balaban J connectivity index is 1.81. The fourth-order valence-electron chi connectivity index (χ4n) is 2.46. The smallest absolute Gasteiger partial charge is 0.257 e. The van der Waals surface area contributed by atoms with Crippen molar-refractivity contribution >= 4 is 22.4 Å². The molecule has 4 nitrogen and oxygen atoms in total.